The van der Waals surface area contributed by atoms with Crippen LogP contribution in [0.2, 0.25) is 0 Å². The Hall–Kier alpha value is -3.45. The van der Waals surface area contributed by atoms with Crippen molar-refractivity contribution >= 4 is 18.2 Å². The zero-order valence-corrected chi connectivity index (χ0v) is 15.0. The zero-order valence-electron chi connectivity index (χ0n) is 15.0. The Morgan fingerprint density at radius 3 is 1.58 bits per heavy atom. The van der Waals surface area contributed by atoms with Crippen LogP contribution in [0.3, 0.4) is 0 Å². The molecular weight excluding hydrogens is 314 g/mol. The van der Waals surface area contributed by atoms with Crippen molar-refractivity contribution in [3.05, 3.63) is 134 Å². The average Bonchev–Trinajstić information content (AvgIpc) is 2.75. The molecule has 0 saturated carbocycles. The summed E-state index contributed by atoms with van der Waals surface area (Å²) in [5, 5.41) is 0. The van der Waals surface area contributed by atoms with E-state index in [1.165, 1.54) is 11.1 Å². The maximum Gasteiger partial charge on any atom is 0.0623 e. The van der Waals surface area contributed by atoms with Crippen molar-refractivity contribution in [2.45, 2.75) is 0 Å². The van der Waals surface area contributed by atoms with Gasteiger partial charge in [0.25, 0.3) is 0 Å². The first kappa shape index (κ1) is 20.6. The molecule has 0 aliphatic carbocycles. The first-order chi connectivity index (χ1) is 12.8. The van der Waals surface area contributed by atoms with E-state index in [0.29, 0.717) is 0 Å². The number of hydrogen-bond acceptors (Lipinski definition) is 1. The number of rotatable bonds is 4. The molecule has 0 N–H and O–H groups in total. The van der Waals surface area contributed by atoms with Gasteiger partial charge in [0, 0.05) is 6.20 Å². The summed E-state index contributed by atoms with van der Waals surface area (Å²) in [6.45, 7) is 10.8. The number of aromatic nitrogens is 1. The molecule has 1 heteroatoms. The van der Waals surface area contributed by atoms with Crippen LogP contribution in [0.5, 0.6) is 0 Å². The Morgan fingerprint density at radius 1 is 0.615 bits per heavy atom. The molecule has 0 amide bonds. The molecule has 0 saturated heterocycles. The van der Waals surface area contributed by atoms with Crippen LogP contribution in [-0.2, 0) is 0 Å². The third-order valence-electron chi connectivity index (χ3n) is 3.16. The fraction of sp³-hybridized carbons (Fsp3) is 0. The monoisotopic (exact) mass is 339 g/mol. The Balaban J connectivity index is 0.000000197. The average molecular weight is 339 g/mol. The standard InChI is InChI=1S/C10H10.C8H8.C7H7N/c1-2-3-7-10-8-5-4-6-9-10;1-2-8-6-4-3-5-7-8;1-2-7-5-3-4-6-8-7/h2-9H,1H2;2-7H,1H2;2-6H,1H2. The third kappa shape index (κ3) is 9.64. The van der Waals surface area contributed by atoms with Gasteiger partial charge in [-0.2, -0.15) is 0 Å². The van der Waals surface area contributed by atoms with Crippen LogP contribution in [-0.4, -0.2) is 4.98 Å². The predicted molar refractivity (Wildman–Crippen MR) is 117 cm³/mol. The molecule has 2 aromatic carbocycles. The second-order valence-electron chi connectivity index (χ2n) is 5.08. The lowest BCUT2D eigenvalue weighted by Crippen LogP contribution is -1.73. The summed E-state index contributed by atoms with van der Waals surface area (Å²) in [6, 6.07) is 25.9. The van der Waals surface area contributed by atoms with Crippen LogP contribution in [0.4, 0.5) is 0 Å². The van der Waals surface area contributed by atoms with E-state index in [0.717, 1.165) is 5.69 Å². The van der Waals surface area contributed by atoms with E-state index in [1.54, 1.807) is 18.3 Å². The van der Waals surface area contributed by atoms with E-state index in [1.807, 2.05) is 85.0 Å². The lowest BCUT2D eigenvalue weighted by atomic mass is 10.2. The highest BCUT2D eigenvalue weighted by Gasteiger charge is 1.79. The number of nitrogens with zero attached hydrogens (tertiary/aromatic N) is 1. The van der Waals surface area contributed by atoms with Gasteiger partial charge < -0.3 is 0 Å². The highest BCUT2D eigenvalue weighted by atomic mass is 14.6. The molecular formula is C25H25N. The van der Waals surface area contributed by atoms with E-state index in [2.05, 4.69) is 36.9 Å². The van der Waals surface area contributed by atoms with Gasteiger partial charge in [-0.1, -0.05) is 111 Å². The summed E-state index contributed by atoms with van der Waals surface area (Å²) in [4.78, 5) is 3.98. The summed E-state index contributed by atoms with van der Waals surface area (Å²) in [7, 11) is 0. The minimum Gasteiger partial charge on any atom is -0.257 e. The Bertz CT molecular complexity index is 729. The molecule has 26 heavy (non-hydrogen) atoms. The fourth-order valence-corrected chi connectivity index (χ4v) is 1.83. The number of allylic oxidation sites excluding steroid dienone is 2. The second-order valence-corrected chi connectivity index (χ2v) is 5.08. The molecule has 0 fully saturated rings. The first-order valence-electron chi connectivity index (χ1n) is 8.35. The van der Waals surface area contributed by atoms with Crippen LogP contribution in [0.1, 0.15) is 16.8 Å². The van der Waals surface area contributed by atoms with Crippen LogP contribution < -0.4 is 0 Å². The molecule has 1 heterocycles. The highest BCUT2D eigenvalue weighted by molar-refractivity contribution is 5.50. The van der Waals surface area contributed by atoms with Gasteiger partial charge in [0.15, 0.2) is 0 Å². The lowest BCUT2D eigenvalue weighted by Gasteiger charge is -1.87. The predicted octanol–water partition coefficient (Wildman–Crippen LogP) is 6.94. The van der Waals surface area contributed by atoms with Gasteiger partial charge in [-0.3, -0.25) is 4.98 Å². The second kappa shape index (κ2) is 13.9. The van der Waals surface area contributed by atoms with E-state index in [-0.39, 0.29) is 0 Å². The molecule has 3 rings (SSSR count). The largest absolute Gasteiger partial charge is 0.257 e. The molecule has 0 aliphatic heterocycles. The van der Waals surface area contributed by atoms with Crippen molar-refractivity contribution in [3.63, 3.8) is 0 Å². The highest BCUT2D eigenvalue weighted by Crippen LogP contribution is 2.00. The molecule has 0 aliphatic rings. The quantitative estimate of drug-likeness (QED) is 0.469. The molecule has 0 spiro atoms. The van der Waals surface area contributed by atoms with Crippen molar-refractivity contribution in [2.24, 2.45) is 0 Å². The molecule has 3 aromatic rings. The number of hydrogen-bond donors (Lipinski definition) is 0. The smallest absolute Gasteiger partial charge is 0.0623 e. The molecule has 0 atom stereocenters. The molecule has 0 radical (unpaired) electrons. The summed E-state index contributed by atoms with van der Waals surface area (Å²) in [6.07, 6.45) is 11.0. The van der Waals surface area contributed by atoms with Gasteiger partial charge in [-0.25, -0.2) is 0 Å². The Kier molecular flexibility index (Phi) is 11.0. The molecule has 1 aromatic heterocycles. The van der Waals surface area contributed by atoms with E-state index >= 15 is 0 Å². The molecule has 1 nitrogen and oxygen atoms in total. The lowest BCUT2D eigenvalue weighted by molar-refractivity contribution is 1.30. The van der Waals surface area contributed by atoms with E-state index in [9.17, 15) is 0 Å². The van der Waals surface area contributed by atoms with Crippen molar-refractivity contribution in [1.29, 1.82) is 0 Å². The van der Waals surface area contributed by atoms with E-state index < -0.39 is 0 Å². The van der Waals surface area contributed by atoms with E-state index in [4.69, 9.17) is 0 Å². The SMILES string of the molecule is C=CC=Cc1ccccc1.C=Cc1ccccc1.C=Cc1ccccn1. The third-order valence-corrected chi connectivity index (χ3v) is 3.16. The van der Waals surface area contributed by atoms with Gasteiger partial charge in [-0.05, 0) is 29.3 Å². The van der Waals surface area contributed by atoms with Crippen LogP contribution in [0.25, 0.3) is 18.2 Å². The van der Waals surface area contributed by atoms with Gasteiger partial charge in [0.05, 0.1) is 5.69 Å². The molecule has 130 valence electrons. The minimum absolute atomic E-state index is 0.924. The van der Waals surface area contributed by atoms with Gasteiger partial charge in [0.1, 0.15) is 0 Å². The minimum atomic E-state index is 0.924. The van der Waals surface area contributed by atoms with Crippen LogP contribution >= 0.6 is 0 Å². The fourth-order valence-electron chi connectivity index (χ4n) is 1.83. The van der Waals surface area contributed by atoms with Crippen LogP contribution in [0, 0.1) is 0 Å². The Morgan fingerprint density at radius 2 is 1.19 bits per heavy atom. The summed E-state index contributed by atoms with van der Waals surface area (Å²) in [5.74, 6) is 0. The van der Waals surface area contributed by atoms with Crippen molar-refractivity contribution < 1.29 is 0 Å². The summed E-state index contributed by atoms with van der Waals surface area (Å²) < 4.78 is 0. The topological polar surface area (TPSA) is 12.9 Å². The summed E-state index contributed by atoms with van der Waals surface area (Å²) in [5.41, 5.74) is 3.31. The van der Waals surface area contributed by atoms with Crippen LogP contribution in [0.15, 0.2) is 117 Å². The van der Waals surface area contributed by atoms with Gasteiger partial charge in [-0.15, -0.1) is 0 Å². The number of benzene rings is 2. The summed E-state index contributed by atoms with van der Waals surface area (Å²) >= 11 is 0. The normalized spacial score (nSPS) is 9.08. The maximum absolute atomic E-state index is 3.98. The van der Waals surface area contributed by atoms with Crippen molar-refractivity contribution in [1.82, 2.24) is 4.98 Å². The van der Waals surface area contributed by atoms with Gasteiger partial charge in [0.2, 0.25) is 0 Å². The molecule has 0 bridgehead atoms. The zero-order chi connectivity index (χ0) is 18.9. The maximum atomic E-state index is 3.98. The number of pyridine rings is 1. The molecule has 0 unspecified atom stereocenters. The van der Waals surface area contributed by atoms with Crippen molar-refractivity contribution in [2.75, 3.05) is 0 Å². The first-order valence-corrected chi connectivity index (χ1v) is 8.35. The Labute approximate surface area is 157 Å². The van der Waals surface area contributed by atoms with Gasteiger partial charge >= 0.3 is 0 Å². The van der Waals surface area contributed by atoms with Crippen molar-refractivity contribution in [3.8, 4) is 0 Å².